The Morgan fingerprint density at radius 2 is 2.06 bits per heavy atom. The second-order valence-electron chi connectivity index (χ2n) is 3.83. The lowest BCUT2D eigenvalue weighted by Crippen LogP contribution is -2.38. The maximum atomic E-state index is 13.2. The van der Waals surface area contributed by atoms with Crippen LogP contribution in [0.25, 0.3) is 0 Å². The second-order valence-corrected chi connectivity index (χ2v) is 6.01. The van der Waals surface area contributed by atoms with E-state index in [0.29, 0.717) is 12.0 Å². The molecule has 1 atom stereocenters. The van der Waals surface area contributed by atoms with Gasteiger partial charge in [-0.1, -0.05) is 18.2 Å². The highest BCUT2D eigenvalue weighted by molar-refractivity contribution is 7.90. The number of halogens is 1. The van der Waals surface area contributed by atoms with Crippen LogP contribution in [-0.4, -0.2) is 26.8 Å². The number of sulfonamides is 1. The summed E-state index contributed by atoms with van der Waals surface area (Å²) in [6.07, 6.45) is 0.323. The predicted molar refractivity (Wildman–Crippen MR) is 65.5 cm³/mol. The minimum absolute atomic E-state index is 0.0645. The normalized spacial score (nSPS) is 13.6. The number of benzene rings is 1. The zero-order valence-corrected chi connectivity index (χ0v) is 10.5. The molecule has 1 unspecified atom stereocenters. The van der Waals surface area contributed by atoms with Gasteiger partial charge in [0.05, 0.1) is 5.25 Å². The summed E-state index contributed by atoms with van der Waals surface area (Å²) in [5.41, 5.74) is 5.78. The Kier molecular flexibility index (Phi) is 5.04. The van der Waals surface area contributed by atoms with Crippen molar-refractivity contribution >= 4 is 10.0 Å². The van der Waals surface area contributed by atoms with E-state index in [1.165, 1.54) is 13.0 Å². The van der Waals surface area contributed by atoms with Gasteiger partial charge in [0.1, 0.15) is 5.82 Å². The highest BCUT2D eigenvalue weighted by Crippen LogP contribution is 2.06. The summed E-state index contributed by atoms with van der Waals surface area (Å²) >= 11 is 0. The van der Waals surface area contributed by atoms with Crippen LogP contribution in [-0.2, 0) is 16.4 Å². The third-order valence-corrected chi connectivity index (χ3v) is 4.38. The van der Waals surface area contributed by atoms with E-state index in [4.69, 9.17) is 5.73 Å². The first-order valence-corrected chi connectivity index (χ1v) is 6.94. The van der Waals surface area contributed by atoms with E-state index < -0.39 is 15.3 Å². The molecule has 0 aliphatic carbocycles. The van der Waals surface area contributed by atoms with Crippen LogP contribution >= 0.6 is 0 Å². The molecular formula is C11H17FN2O2S. The number of hydrogen-bond donors (Lipinski definition) is 2. The molecule has 1 rings (SSSR count). The predicted octanol–water partition coefficient (Wildman–Crippen LogP) is 0.635. The minimum atomic E-state index is -3.39. The Morgan fingerprint density at radius 1 is 1.41 bits per heavy atom. The van der Waals surface area contributed by atoms with Gasteiger partial charge >= 0.3 is 0 Å². The Bertz CT molecular complexity index is 462. The van der Waals surface area contributed by atoms with Crippen LogP contribution < -0.4 is 10.5 Å². The fourth-order valence-corrected chi connectivity index (χ4v) is 2.22. The monoisotopic (exact) mass is 260 g/mol. The first-order chi connectivity index (χ1) is 7.97. The molecule has 0 spiro atoms. The van der Waals surface area contributed by atoms with Gasteiger partial charge in [-0.3, -0.25) is 0 Å². The molecule has 17 heavy (non-hydrogen) atoms. The first kappa shape index (κ1) is 14.1. The zero-order chi connectivity index (χ0) is 12.9. The third kappa shape index (κ3) is 4.07. The quantitative estimate of drug-likeness (QED) is 0.788. The van der Waals surface area contributed by atoms with Crippen LogP contribution in [0.4, 0.5) is 4.39 Å². The fraction of sp³-hybridized carbons (Fsp3) is 0.455. The summed E-state index contributed by atoms with van der Waals surface area (Å²) in [5.74, 6) is -0.321. The number of nitrogens with one attached hydrogen (secondary N) is 1. The van der Waals surface area contributed by atoms with Crippen molar-refractivity contribution in [3.63, 3.8) is 0 Å². The van der Waals surface area contributed by atoms with Crippen molar-refractivity contribution in [1.82, 2.24) is 4.72 Å². The smallest absolute Gasteiger partial charge is 0.215 e. The third-order valence-electron chi connectivity index (χ3n) is 2.52. The topological polar surface area (TPSA) is 72.2 Å². The lowest BCUT2D eigenvalue weighted by Gasteiger charge is -2.11. The highest BCUT2D eigenvalue weighted by atomic mass is 32.2. The summed E-state index contributed by atoms with van der Waals surface area (Å²) < 4.78 is 38.8. The average Bonchev–Trinajstić information content (AvgIpc) is 2.30. The summed E-state index contributed by atoms with van der Waals surface area (Å²) in [6, 6.07) is 6.30. The van der Waals surface area contributed by atoms with Gasteiger partial charge in [-0.2, -0.15) is 0 Å². The maximum absolute atomic E-state index is 13.2. The van der Waals surface area contributed by atoms with Crippen molar-refractivity contribution in [3.05, 3.63) is 35.6 Å². The SMILES string of the molecule is CC(CN)S(=O)(=O)NCCc1ccccc1F. The Balaban J connectivity index is 2.52. The molecule has 0 saturated heterocycles. The largest absolute Gasteiger partial charge is 0.329 e. The van der Waals surface area contributed by atoms with Gasteiger partial charge in [0, 0.05) is 13.1 Å². The molecule has 0 saturated carbocycles. The summed E-state index contributed by atoms with van der Waals surface area (Å²) in [5, 5.41) is -0.636. The molecule has 0 aliphatic rings. The van der Waals surface area contributed by atoms with Gasteiger partial charge < -0.3 is 5.73 Å². The second kappa shape index (κ2) is 6.09. The van der Waals surface area contributed by atoms with Crippen LogP contribution in [0.2, 0.25) is 0 Å². The molecule has 96 valence electrons. The lowest BCUT2D eigenvalue weighted by molar-refractivity contribution is 0.566. The molecule has 3 N–H and O–H groups in total. The molecule has 1 aromatic carbocycles. The van der Waals surface area contributed by atoms with Gasteiger partial charge in [0.25, 0.3) is 0 Å². The number of nitrogens with two attached hydrogens (primary N) is 1. The average molecular weight is 260 g/mol. The molecule has 1 aromatic rings. The van der Waals surface area contributed by atoms with Crippen LogP contribution in [0.5, 0.6) is 0 Å². The Morgan fingerprint density at radius 3 is 2.65 bits per heavy atom. The molecular weight excluding hydrogens is 243 g/mol. The zero-order valence-electron chi connectivity index (χ0n) is 9.69. The molecule has 0 aromatic heterocycles. The number of rotatable bonds is 6. The van der Waals surface area contributed by atoms with Crippen LogP contribution in [0.3, 0.4) is 0 Å². The standard InChI is InChI=1S/C11H17FN2O2S/c1-9(8-13)17(15,16)14-7-6-10-4-2-3-5-11(10)12/h2-5,9,14H,6-8,13H2,1H3. The fourth-order valence-electron chi connectivity index (χ4n) is 1.30. The maximum Gasteiger partial charge on any atom is 0.215 e. The van der Waals surface area contributed by atoms with E-state index in [0.717, 1.165) is 0 Å². The van der Waals surface area contributed by atoms with Gasteiger partial charge in [0.2, 0.25) is 10.0 Å². The van der Waals surface area contributed by atoms with E-state index in [-0.39, 0.29) is 18.9 Å². The van der Waals surface area contributed by atoms with E-state index in [1.807, 2.05) is 0 Å². The van der Waals surface area contributed by atoms with Gasteiger partial charge in [-0.15, -0.1) is 0 Å². The molecule has 0 heterocycles. The molecule has 6 heteroatoms. The van der Waals surface area contributed by atoms with Crippen molar-refractivity contribution in [2.45, 2.75) is 18.6 Å². The van der Waals surface area contributed by atoms with Gasteiger partial charge in [-0.05, 0) is 25.0 Å². The summed E-state index contributed by atoms with van der Waals surface area (Å²) in [4.78, 5) is 0. The summed E-state index contributed by atoms with van der Waals surface area (Å²) in [6.45, 7) is 1.77. The summed E-state index contributed by atoms with van der Waals surface area (Å²) in [7, 11) is -3.39. The van der Waals surface area contributed by atoms with E-state index in [9.17, 15) is 12.8 Å². The first-order valence-electron chi connectivity index (χ1n) is 5.39. The molecule has 4 nitrogen and oxygen atoms in total. The Labute approximate surface area is 101 Å². The number of hydrogen-bond acceptors (Lipinski definition) is 3. The molecule has 0 amide bonds. The molecule has 0 radical (unpaired) electrons. The van der Waals surface area contributed by atoms with Crippen molar-refractivity contribution in [1.29, 1.82) is 0 Å². The highest BCUT2D eigenvalue weighted by Gasteiger charge is 2.18. The van der Waals surface area contributed by atoms with Crippen molar-refractivity contribution < 1.29 is 12.8 Å². The van der Waals surface area contributed by atoms with E-state index in [2.05, 4.69) is 4.72 Å². The molecule has 0 fully saturated rings. The lowest BCUT2D eigenvalue weighted by atomic mass is 10.1. The van der Waals surface area contributed by atoms with Crippen molar-refractivity contribution in [2.24, 2.45) is 5.73 Å². The Hall–Kier alpha value is -0.980. The van der Waals surface area contributed by atoms with Crippen molar-refractivity contribution in [3.8, 4) is 0 Å². The molecule has 0 bridgehead atoms. The van der Waals surface area contributed by atoms with E-state index >= 15 is 0 Å². The van der Waals surface area contributed by atoms with Crippen LogP contribution in [0.1, 0.15) is 12.5 Å². The minimum Gasteiger partial charge on any atom is -0.329 e. The van der Waals surface area contributed by atoms with Gasteiger partial charge in [0.15, 0.2) is 0 Å². The molecule has 0 aliphatic heterocycles. The van der Waals surface area contributed by atoms with Gasteiger partial charge in [-0.25, -0.2) is 17.5 Å². The van der Waals surface area contributed by atoms with Crippen molar-refractivity contribution in [2.75, 3.05) is 13.1 Å². The van der Waals surface area contributed by atoms with Crippen LogP contribution in [0.15, 0.2) is 24.3 Å². The van der Waals surface area contributed by atoms with Crippen LogP contribution in [0, 0.1) is 5.82 Å². The van der Waals surface area contributed by atoms with E-state index in [1.54, 1.807) is 18.2 Å².